The van der Waals surface area contributed by atoms with Gasteiger partial charge in [-0.05, 0) is 48.6 Å². The fourth-order valence-electron chi connectivity index (χ4n) is 3.94. The van der Waals surface area contributed by atoms with E-state index < -0.39 is 5.97 Å². The first-order valence-electron chi connectivity index (χ1n) is 11.5. The predicted molar refractivity (Wildman–Crippen MR) is 141 cm³/mol. The Bertz CT molecular complexity index is 1370. The number of methoxy groups -OCH3 is 1. The fourth-order valence-corrected chi connectivity index (χ4v) is 4.92. The van der Waals surface area contributed by atoms with Crippen LogP contribution in [-0.2, 0) is 16.0 Å². The number of aromatic nitrogens is 2. The minimum atomic E-state index is -0.465. The summed E-state index contributed by atoms with van der Waals surface area (Å²) < 4.78 is 4.90. The summed E-state index contributed by atoms with van der Waals surface area (Å²) in [7, 11) is 5.14. The number of carbonyl (C=O) groups is 2. The number of nitrogens with zero attached hydrogens (tertiary/aromatic N) is 3. The van der Waals surface area contributed by atoms with Gasteiger partial charge in [-0.15, -0.1) is 0 Å². The van der Waals surface area contributed by atoms with Gasteiger partial charge < -0.3 is 19.5 Å². The number of rotatable bonds is 8. The van der Waals surface area contributed by atoms with Crippen LogP contribution < -0.4 is 4.90 Å². The molecule has 7 nitrogen and oxygen atoms in total. The largest absolute Gasteiger partial charge is 0.468 e. The first-order valence-corrected chi connectivity index (χ1v) is 12.3. The number of ether oxygens (including phenoxy) is 1. The average molecular weight is 491 g/mol. The maximum absolute atomic E-state index is 13.8. The van der Waals surface area contributed by atoms with Crippen molar-refractivity contribution in [3.05, 3.63) is 71.0 Å². The molecule has 35 heavy (non-hydrogen) atoms. The topological polar surface area (TPSA) is 78.5 Å². The van der Waals surface area contributed by atoms with Crippen LogP contribution in [0, 0.1) is 13.8 Å². The summed E-state index contributed by atoms with van der Waals surface area (Å²) in [4.78, 5) is 38.2. The van der Waals surface area contributed by atoms with Gasteiger partial charge in [0.2, 0.25) is 0 Å². The highest BCUT2D eigenvalue weighted by atomic mass is 32.1. The van der Waals surface area contributed by atoms with Crippen molar-refractivity contribution in [3.63, 3.8) is 0 Å². The number of aromatic amines is 1. The van der Waals surface area contributed by atoms with Crippen molar-refractivity contribution in [2.24, 2.45) is 0 Å². The van der Waals surface area contributed by atoms with E-state index in [2.05, 4.69) is 42.0 Å². The standard InChI is InChI=1S/C27H30N4O3S/c1-17-10-11-19(14-18(17)2)25-24(29-27(35-25)30(3)4)26(33)31(16-23(32)34-5)13-12-20-15-28-22-9-7-6-8-21(20)22/h6-11,14-15,28H,12-13,16H2,1-5H3. The number of H-pyrrole nitrogens is 1. The minimum absolute atomic E-state index is 0.140. The van der Waals surface area contributed by atoms with Gasteiger partial charge in [-0.1, -0.05) is 47.7 Å². The van der Waals surface area contributed by atoms with Gasteiger partial charge in [0.1, 0.15) is 12.2 Å². The van der Waals surface area contributed by atoms with E-state index in [4.69, 9.17) is 4.74 Å². The molecule has 182 valence electrons. The molecule has 2 heterocycles. The smallest absolute Gasteiger partial charge is 0.325 e. The lowest BCUT2D eigenvalue weighted by atomic mass is 10.0. The maximum atomic E-state index is 13.8. The molecule has 0 aliphatic rings. The number of hydrogen-bond donors (Lipinski definition) is 1. The number of esters is 1. The number of amides is 1. The second kappa shape index (κ2) is 10.3. The summed E-state index contributed by atoms with van der Waals surface area (Å²) in [6, 6.07) is 14.2. The van der Waals surface area contributed by atoms with E-state index in [1.54, 1.807) is 0 Å². The van der Waals surface area contributed by atoms with Gasteiger partial charge in [-0.2, -0.15) is 0 Å². The predicted octanol–water partition coefficient (Wildman–Crippen LogP) is 4.83. The van der Waals surface area contributed by atoms with Crippen LogP contribution in [0.5, 0.6) is 0 Å². The molecule has 0 spiro atoms. The molecule has 2 aromatic carbocycles. The van der Waals surface area contributed by atoms with Crippen LogP contribution in [0.25, 0.3) is 21.3 Å². The first kappa shape index (κ1) is 24.5. The summed E-state index contributed by atoms with van der Waals surface area (Å²) in [6.45, 7) is 4.33. The van der Waals surface area contributed by atoms with Crippen LogP contribution in [0.2, 0.25) is 0 Å². The summed E-state index contributed by atoms with van der Waals surface area (Å²) in [5.74, 6) is -0.749. The minimum Gasteiger partial charge on any atom is -0.468 e. The molecule has 2 aromatic heterocycles. The zero-order valence-electron chi connectivity index (χ0n) is 20.7. The van der Waals surface area contributed by atoms with E-state index in [9.17, 15) is 9.59 Å². The van der Waals surface area contributed by atoms with Crippen molar-refractivity contribution >= 4 is 39.2 Å². The number of carbonyl (C=O) groups excluding carboxylic acids is 2. The van der Waals surface area contributed by atoms with Crippen molar-refractivity contribution < 1.29 is 14.3 Å². The molecule has 0 aliphatic carbocycles. The molecule has 0 saturated carbocycles. The molecule has 0 unspecified atom stereocenters. The summed E-state index contributed by atoms with van der Waals surface area (Å²) >= 11 is 1.47. The van der Waals surface area contributed by atoms with E-state index in [-0.39, 0.29) is 12.5 Å². The molecule has 1 N–H and O–H groups in total. The third-order valence-electron chi connectivity index (χ3n) is 6.13. The van der Waals surface area contributed by atoms with Gasteiger partial charge in [0.15, 0.2) is 5.13 Å². The van der Waals surface area contributed by atoms with Crippen LogP contribution in [0.15, 0.2) is 48.7 Å². The van der Waals surface area contributed by atoms with Gasteiger partial charge in [-0.3, -0.25) is 9.59 Å². The average Bonchev–Trinajstić information content (AvgIpc) is 3.48. The van der Waals surface area contributed by atoms with Gasteiger partial charge in [0.25, 0.3) is 5.91 Å². The van der Waals surface area contributed by atoms with Crippen molar-refractivity contribution in [2.45, 2.75) is 20.3 Å². The zero-order chi connectivity index (χ0) is 25.1. The third kappa shape index (κ3) is 5.22. The second-order valence-corrected chi connectivity index (χ2v) is 9.76. The first-order chi connectivity index (χ1) is 16.8. The Hall–Kier alpha value is -3.65. The lowest BCUT2D eigenvalue weighted by molar-refractivity contribution is -0.141. The number of nitrogens with one attached hydrogen (secondary N) is 1. The lowest BCUT2D eigenvalue weighted by Gasteiger charge is -2.21. The molecular weight excluding hydrogens is 460 g/mol. The molecule has 8 heteroatoms. The summed E-state index contributed by atoms with van der Waals surface area (Å²) in [6.07, 6.45) is 2.55. The molecule has 0 bridgehead atoms. The lowest BCUT2D eigenvalue weighted by Crippen LogP contribution is -2.38. The van der Waals surface area contributed by atoms with Crippen LogP contribution >= 0.6 is 11.3 Å². The summed E-state index contributed by atoms with van der Waals surface area (Å²) in [5.41, 5.74) is 5.75. The summed E-state index contributed by atoms with van der Waals surface area (Å²) in [5, 5.41) is 1.84. The van der Waals surface area contributed by atoms with Gasteiger partial charge >= 0.3 is 5.97 Å². The Kier molecular flexibility index (Phi) is 7.21. The molecule has 0 aliphatic heterocycles. The molecule has 0 fully saturated rings. The van der Waals surface area contributed by atoms with Gasteiger partial charge in [-0.25, -0.2) is 4.98 Å². The van der Waals surface area contributed by atoms with E-state index in [1.807, 2.05) is 49.5 Å². The maximum Gasteiger partial charge on any atom is 0.325 e. The SMILES string of the molecule is COC(=O)CN(CCc1c[nH]c2ccccc12)C(=O)c1nc(N(C)C)sc1-c1ccc(C)c(C)c1. The number of thiazole rings is 1. The molecule has 1 amide bonds. The van der Waals surface area contributed by atoms with Crippen molar-refractivity contribution in [3.8, 4) is 10.4 Å². The van der Waals surface area contributed by atoms with E-state index in [1.165, 1.54) is 28.9 Å². The van der Waals surface area contributed by atoms with Crippen LogP contribution in [0.1, 0.15) is 27.2 Å². The molecule has 0 atom stereocenters. The zero-order valence-corrected chi connectivity index (χ0v) is 21.5. The number of hydrogen-bond acceptors (Lipinski definition) is 6. The van der Waals surface area contributed by atoms with Crippen LogP contribution in [-0.4, -0.2) is 61.0 Å². The molecule has 4 aromatic rings. The Morgan fingerprint density at radius 1 is 1.09 bits per heavy atom. The number of anilines is 1. The number of aryl methyl sites for hydroxylation is 2. The Morgan fingerprint density at radius 3 is 2.57 bits per heavy atom. The molecule has 4 rings (SSSR count). The van der Waals surface area contributed by atoms with Crippen molar-refractivity contribution in [1.82, 2.24) is 14.9 Å². The normalized spacial score (nSPS) is 11.0. The monoisotopic (exact) mass is 490 g/mol. The van der Waals surface area contributed by atoms with Gasteiger partial charge in [0.05, 0.1) is 12.0 Å². The van der Waals surface area contributed by atoms with Gasteiger partial charge in [0, 0.05) is 37.7 Å². The third-order valence-corrected chi connectivity index (χ3v) is 7.40. The Morgan fingerprint density at radius 2 is 1.86 bits per heavy atom. The molecule has 0 saturated heterocycles. The fraction of sp³-hybridized carbons (Fsp3) is 0.296. The van der Waals surface area contributed by atoms with E-state index >= 15 is 0 Å². The Labute approximate surface area is 209 Å². The highest BCUT2D eigenvalue weighted by Gasteiger charge is 2.27. The van der Waals surface area contributed by atoms with E-state index in [0.29, 0.717) is 18.7 Å². The number of fused-ring (bicyclic) bond motifs is 1. The van der Waals surface area contributed by atoms with E-state index in [0.717, 1.165) is 37.6 Å². The van der Waals surface area contributed by atoms with Crippen molar-refractivity contribution in [1.29, 1.82) is 0 Å². The highest BCUT2D eigenvalue weighted by Crippen LogP contribution is 2.36. The molecule has 0 radical (unpaired) electrons. The number of para-hydroxylation sites is 1. The quantitative estimate of drug-likeness (QED) is 0.358. The highest BCUT2D eigenvalue weighted by molar-refractivity contribution is 7.19. The number of benzene rings is 2. The molecular formula is C27H30N4O3S. The van der Waals surface area contributed by atoms with Crippen LogP contribution in [0.3, 0.4) is 0 Å². The second-order valence-electron chi connectivity index (χ2n) is 8.78. The van der Waals surface area contributed by atoms with Crippen molar-refractivity contribution in [2.75, 3.05) is 39.2 Å². The van der Waals surface area contributed by atoms with Crippen LogP contribution in [0.4, 0.5) is 5.13 Å². The Balaban J connectivity index is 1.69.